The summed E-state index contributed by atoms with van der Waals surface area (Å²) in [6.45, 7) is 1.30. The van der Waals surface area contributed by atoms with Crippen LogP contribution in [-0.4, -0.2) is 46.9 Å². The highest BCUT2D eigenvalue weighted by molar-refractivity contribution is 5.73. The molecule has 1 aliphatic rings. The molecule has 0 spiro atoms. The lowest BCUT2D eigenvalue weighted by atomic mass is 10.0. The van der Waals surface area contributed by atoms with Gasteiger partial charge in [0.2, 0.25) is 6.41 Å². The summed E-state index contributed by atoms with van der Waals surface area (Å²) in [4.78, 5) is 32.7. The van der Waals surface area contributed by atoms with Gasteiger partial charge in [-0.1, -0.05) is 17.9 Å². The van der Waals surface area contributed by atoms with Crippen molar-refractivity contribution in [3.8, 4) is 11.8 Å². The molecule has 1 fully saturated rings. The maximum atomic E-state index is 11.1. The summed E-state index contributed by atoms with van der Waals surface area (Å²) < 4.78 is 10.3. The fourth-order valence-corrected chi connectivity index (χ4v) is 2.47. The Labute approximate surface area is 150 Å². The zero-order valence-electron chi connectivity index (χ0n) is 14.1. The Hall–Kier alpha value is -2.89. The standard InChI is InChI=1S/C18H19NO7/c1-11(21)25-9-13-2-4-14(19-10-20)6-12(13)3-5-16-7-15(22)8-17(26-16)18(23)24/h2,4,6,10,15-17,22H,7-9H2,1H3,(H,19,20)(H,23,24). The maximum Gasteiger partial charge on any atom is 0.332 e. The molecular weight excluding hydrogens is 342 g/mol. The highest BCUT2D eigenvalue weighted by Crippen LogP contribution is 2.21. The molecule has 1 aliphatic heterocycles. The number of amides is 1. The van der Waals surface area contributed by atoms with Gasteiger partial charge in [-0.25, -0.2) is 4.79 Å². The largest absolute Gasteiger partial charge is 0.479 e. The second-order valence-corrected chi connectivity index (χ2v) is 5.76. The Balaban J connectivity index is 2.24. The van der Waals surface area contributed by atoms with Crippen LogP contribution < -0.4 is 5.32 Å². The predicted octanol–water partition coefficient (Wildman–Crippen LogP) is 0.663. The van der Waals surface area contributed by atoms with E-state index in [0.717, 1.165) is 0 Å². The van der Waals surface area contributed by atoms with Crippen molar-refractivity contribution in [3.63, 3.8) is 0 Å². The summed E-state index contributed by atoms with van der Waals surface area (Å²) in [6.07, 6.45) is -1.93. The van der Waals surface area contributed by atoms with Crippen molar-refractivity contribution in [3.05, 3.63) is 29.3 Å². The van der Waals surface area contributed by atoms with Crippen LogP contribution in [0.1, 0.15) is 30.9 Å². The number of anilines is 1. The van der Waals surface area contributed by atoms with Crippen molar-refractivity contribution in [1.82, 2.24) is 0 Å². The van der Waals surface area contributed by atoms with Gasteiger partial charge in [0.1, 0.15) is 12.7 Å². The average Bonchev–Trinajstić information content (AvgIpc) is 2.58. The van der Waals surface area contributed by atoms with Gasteiger partial charge < -0.3 is 25.0 Å². The first kappa shape index (κ1) is 19.4. The molecule has 0 radical (unpaired) electrons. The highest BCUT2D eigenvalue weighted by Gasteiger charge is 2.31. The molecule has 1 aromatic carbocycles. The number of rotatable bonds is 5. The van der Waals surface area contributed by atoms with Crippen molar-refractivity contribution < 1.29 is 34.1 Å². The number of benzene rings is 1. The molecule has 2 rings (SSSR count). The minimum atomic E-state index is -1.15. The number of hydrogen-bond donors (Lipinski definition) is 3. The Morgan fingerprint density at radius 1 is 1.42 bits per heavy atom. The third-order valence-electron chi connectivity index (χ3n) is 3.71. The van der Waals surface area contributed by atoms with Gasteiger partial charge in [0, 0.05) is 36.6 Å². The number of carbonyl (C=O) groups is 3. The second-order valence-electron chi connectivity index (χ2n) is 5.76. The number of hydrogen-bond acceptors (Lipinski definition) is 6. The van der Waals surface area contributed by atoms with Gasteiger partial charge in [0.15, 0.2) is 6.10 Å². The zero-order valence-corrected chi connectivity index (χ0v) is 14.1. The summed E-state index contributed by atoms with van der Waals surface area (Å²) in [5, 5.41) is 21.3. The monoisotopic (exact) mass is 361 g/mol. The number of carboxylic acid groups (broad SMARTS) is 1. The fraction of sp³-hybridized carbons (Fsp3) is 0.389. The van der Waals surface area contributed by atoms with Crippen LogP contribution in [0.4, 0.5) is 5.69 Å². The topological polar surface area (TPSA) is 122 Å². The SMILES string of the molecule is CC(=O)OCc1ccc(NC=O)cc1C#CC1CC(O)CC(C(=O)O)O1. The van der Waals surface area contributed by atoms with Gasteiger partial charge in [0.05, 0.1) is 6.10 Å². The Bertz CT molecular complexity index is 750. The number of carboxylic acids is 1. The lowest BCUT2D eigenvalue weighted by molar-refractivity contribution is -0.161. The number of aliphatic hydroxyl groups excluding tert-OH is 1. The Morgan fingerprint density at radius 2 is 2.19 bits per heavy atom. The molecule has 26 heavy (non-hydrogen) atoms. The third-order valence-corrected chi connectivity index (χ3v) is 3.71. The fourth-order valence-electron chi connectivity index (χ4n) is 2.47. The van der Waals surface area contributed by atoms with Crippen LogP contribution in [0.3, 0.4) is 0 Å². The molecule has 1 aromatic rings. The van der Waals surface area contributed by atoms with Crippen LogP contribution in [0.15, 0.2) is 18.2 Å². The van der Waals surface area contributed by atoms with E-state index in [1.165, 1.54) is 6.92 Å². The van der Waals surface area contributed by atoms with Crippen LogP contribution in [0.25, 0.3) is 0 Å². The van der Waals surface area contributed by atoms with E-state index in [2.05, 4.69) is 17.2 Å². The first-order chi connectivity index (χ1) is 12.4. The number of carbonyl (C=O) groups excluding carboxylic acids is 2. The number of aliphatic carboxylic acids is 1. The van der Waals surface area contributed by atoms with E-state index >= 15 is 0 Å². The summed E-state index contributed by atoms with van der Waals surface area (Å²) in [5.41, 5.74) is 1.62. The van der Waals surface area contributed by atoms with Gasteiger partial charge in [-0.05, 0) is 12.1 Å². The smallest absolute Gasteiger partial charge is 0.332 e. The molecule has 3 atom stereocenters. The number of aliphatic hydroxyl groups is 1. The summed E-state index contributed by atoms with van der Waals surface area (Å²) in [5.74, 6) is 4.07. The number of nitrogens with one attached hydrogen (secondary N) is 1. The first-order valence-corrected chi connectivity index (χ1v) is 7.93. The van der Waals surface area contributed by atoms with Crippen LogP contribution >= 0.6 is 0 Å². The van der Waals surface area contributed by atoms with Crippen molar-refractivity contribution in [2.45, 2.75) is 44.7 Å². The second kappa shape index (κ2) is 8.99. The molecule has 1 saturated heterocycles. The van der Waals surface area contributed by atoms with E-state index in [4.69, 9.17) is 14.6 Å². The van der Waals surface area contributed by atoms with Crippen LogP contribution in [0.2, 0.25) is 0 Å². The summed E-state index contributed by atoms with van der Waals surface area (Å²) in [6, 6.07) is 4.91. The average molecular weight is 361 g/mol. The number of esters is 1. The first-order valence-electron chi connectivity index (χ1n) is 7.93. The van der Waals surface area contributed by atoms with Gasteiger partial charge in [-0.2, -0.15) is 0 Å². The molecule has 0 aliphatic carbocycles. The minimum absolute atomic E-state index is 0.00656. The molecular formula is C18H19NO7. The zero-order chi connectivity index (χ0) is 19.1. The molecule has 0 bridgehead atoms. The van der Waals surface area contributed by atoms with Crippen molar-refractivity contribution in [2.75, 3.05) is 5.32 Å². The predicted molar refractivity (Wildman–Crippen MR) is 90.0 cm³/mol. The van der Waals surface area contributed by atoms with Crippen molar-refractivity contribution in [2.24, 2.45) is 0 Å². The van der Waals surface area contributed by atoms with Crippen LogP contribution in [0, 0.1) is 11.8 Å². The van der Waals surface area contributed by atoms with E-state index in [0.29, 0.717) is 23.2 Å². The van der Waals surface area contributed by atoms with Crippen molar-refractivity contribution in [1.29, 1.82) is 0 Å². The van der Waals surface area contributed by atoms with Gasteiger partial charge >= 0.3 is 11.9 Å². The van der Waals surface area contributed by atoms with Crippen LogP contribution in [0.5, 0.6) is 0 Å². The molecule has 3 unspecified atom stereocenters. The van der Waals surface area contributed by atoms with Crippen molar-refractivity contribution >= 4 is 24.0 Å². The van der Waals surface area contributed by atoms with E-state index < -0.39 is 30.3 Å². The highest BCUT2D eigenvalue weighted by atomic mass is 16.5. The quantitative estimate of drug-likeness (QED) is 0.400. The third kappa shape index (κ3) is 5.58. The Morgan fingerprint density at radius 3 is 2.85 bits per heavy atom. The molecule has 0 aromatic heterocycles. The van der Waals surface area contributed by atoms with Crippen LogP contribution in [-0.2, 0) is 30.5 Å². The number of ether oxygens (including phenoxy) is 2. The summed E-state index contributed by atoms with van der Waals surface area (Å²) >= 11 is 0. The van der Waals surface area contributed by atoms with Gasteiger partial charge in [-0.15, -0.1) is 0 Å². The lowest BCUT2D eigenvalue weighted by Gasteiger charge is -2.27. The Kier molecular flexibility index (Phi) is 6.72. The molecule has 8 nitrogen and oxygen atoms in total. The van der Waals surface area contributed by atoms with E-state index in [-0.39, 0.29) is 19.4 Å². The van der Waals surface area contributed by atoms with E-state index in [9.17, 15) is 19.5 Å². The maximum absolute atomic E-state index is 11.1. The molecule has 0 saturated carbocycles. The molecule has 8 heteroatoms. The van der Waals surface area contributed by atoms with Gasteiger partial charge in [0.25, 0.3) is 0 Å². The van der Waals surface area contributed by atoms with Gasteiger partial charge in [-0.3, -0.25) is 9.59 Å². The summed E-state index contributed by atoms with van der Waals surface area (Å²) in [7, 11) is 0. The molecule has 1 amide bonds. The normalized spacial score (nSPS) is 21.8. The lowest BCUT2D eigenvalue weighted by Crippen LogP contribution is -2.39. The van der Waals surface area contributed by atoms with E-state index in [1.54, 1.807) is 18.2 Å². The molecule has 3 N–H and O–H groups in total. The van der Waals surface area contributed by atoms with E-state index in [1.807, 2.05) is 0 Å². The molecule has 138 valence electrons. The minimum Gasteiger partial charge on any atom is -0.479 e. The molecule has 1 heterocycles.